The Morgan fingerprint density at radius 3 is 2.88 bits per heavy atom. The van der Waals surface area contributed by atoms with Crippen LogP contribution in [0.2, 0.25) is 0 Å². The van der Waals surface area contributed by atoms with Crippen molar-refractivity contribution >= 4 is 5.82 Å². The van der Waals surface area contributed by atoms with Crippen LogP contribution in [0.4, 0.5) is 5.82 Å². The highest BCUT2D eigenvalue weighted by molar-refractivity contribution is 5.34. The van der Waals surface area contributed by atoms with E-state index in [1.807, 2.05) is 0 Å². The third kappa shape index (κ3) is 3.19. The molecule has 0 radical (unpaired) electrons. The molecule has 0 saturated heterocycles. The molecule has 0 bridgehead atoms. The van der Waals surface area contributed by atoms with E-state index in [-0.39, 0.29) is 0 Å². The van der Waals surface area contributed by atoms with E-state index in [4.69, 9.17) is 0 Å². The summed E-state index contributed by atoms with van der Waals surface area (Å²) in [5.41, 5.74) is 1.11. The SMILES string of the molecule is CCc1cc(NCCC2CCCC2)ncn1. The Bertz CT molecular complexity index is 319. The first-order chi connectivity index (χ1) is 7.88. The van der Waals surface area contributed by atoms with Gasteiger partial charge in [-0.1, -0.05) is 32.6 Å². The third-order valence-electron chi connectivity index (χ3n) is 3.42. The minimum atomic E-state index is 0.944. The summed E-state index contributed by atoms with van der Waals surface area (Å²) < 4.78 is 0. The summed E-state index contributed by atoms with van der Waals surface area (Å²) in [5.74, 6) is 1.92. The van der Waals surface area contributed by atoms with Gasteiger partial charge in [0, 0.05) is 18.3 Å². The minimum Gasteiger partial charge on any atom is -0.370 e. The Morgan fingerprint density at radius 2 is 2.12 bits per heavy atom. The molecule has 2 rings (SSSR count). The average molecular weight is 219 g/mol. The molecule has 0 unspecified atom stereocenters. The molecule has 1 fully saturated rings. The maximum atomic E-state index is 4.23. The lowest BCUT2D eigenvalue weighted by atomic mass is 10.0. The molecule has 3 heteroatoms. The summed E-state index contributed by atoms with van der Waals surface area (Å²) in [6.07, 6.45) is 9.61. The van der Waals surface area contributed by atoms with Gasteiger partial charge in [0.2, 0.25) is 0 Å². The molecule has 1 aromatic rings. The molecule has 0 spiro atoms. The van der Waals surface area contributed by atoms with E-state index in [0.29, 0.717) is 0 Å². The first kappa shape index (κ1) is 11.4. The third-order valence-corrected chi connectivity index (χ3v) is 3.42. The molecule has 1 heterocycles. The number of nitrogens with zero attached hydrogens (tertiary/aromatic N) is 2. The number of hydrogen-bond acceptors (Lipinski definition) is 3. The van der Waals surface area contributed by atoms with Gasteiger partial charge in [0.05, 0.1) is 0 Å². The molecule has 1 N–H and O–H groups in total. The molecule has 0 amide bonds. The van der Waals surface area contributed by atoms with Crippen LogP contribution < -0.4 is 5.32 Å². The maximum absolute atomic E-state index is 4.23. The highest BCUT2D eigenvalue weighted by atomic mass is 15.0. The van der Waals surface area contributed by atoms with Gasteiger partial charge >= 0.3 is 0 Å². The average Bonchev–Trinajstić information content (AvgIpc) is 2.82. The standard InChI is InChI=1S/C13H21N3/c1-2-12-9-13(16-10-15-12)14-8-7-11-5-3-4-6-11/h9-11H,2-8H2,1H3,(H,14,15,16). The second kappa shape index (κ2) is 5.83. The zero-order chi connectivity index (χ0) is 11.2. The molecule has 88 valence electrons. The van der Waals surface area contributed by atoms with Gasteiger partial charge in [0.1, 0.15) is 12.1 Å². The van der Waals surface area contributed by atoms with Gasteiger partial charge in [-0.2, -0.15) is 0 Å². The van der Waals surface area contributed by atoms with E-state index < -0.39 is 0 Å². The van der Waals surface area contributed by atoms with Crippen molar-refractivity contribution < 1.29 is 0 Å². The quantitative estimate of drug-likeness (QED) is 0.827. The second-order valence-corrected chi connectivity index (χ2v) is 4.61. The van der Waals surface area contributed by atoms with Crippen LogP contribution in [0.15, 0.2) is 12.4 Å². The molecule has 3 nitrogen and oxygen atoms in total. The maximum Gasteiger partial charge on any atom is 0.129 e. The molecule has 0 atom stereocenters. The van der Waals surface area contributed by atoms with Crippen LogP contribution in [0, 0.1) is 5.92 Å². The summed E-state index contributed by atoms with van der Waals surface area (Å²) in [4.78, 5) is 8.42. The fourth-order valence-electron chi connectivity index (χ4n) is 2.39. The smallest absolute Gasteiger partial charge is 0.129 e. The second-order valence-electron chi connectivity index (χ2n) is 4.61. The van der Waals surface area contributed by atoms with E-state index in [1.165, 1.54) is 32.1 Å². The monoisotopic (exact) mass is 219 g/mol. The summed E-state index contributed by atoms with van der Waals surface area (Å²) in [6, 6.07) is 2.05. The van der Waals surface area contributed by atoms with Gasteiger partial charge in [0.25, 0.3) is 0 Å². The van der Waals surface area contributed by atoms with E-state index in [2.05, 4.69) is 28.3 Å². The van der Waals surface area contributed by atoms with Crippen LogP contribution in [0.1, 0.15) is 44.7 Å². The topological polar surface area (TPSA) is 37.8 Å². The van der Waals surface area contributed by atoms with Gasteiger partial charge in [0.15, 0.2) is 0 Å². The molecular formula is C13H21N3. The zero-order valence-corrected chi connectivity index (χ0v) is 10.1. The predicted molar refractivity (Wildman–Crippen MR) is 66.5 cm³/mol. The van der Waals surface area contributed by atoms with Crippen LogP contribution in [0.5, 0.6) is 0 Å². The molecule has 1 aliphatic rings. The molecule has 0 aliphatic heterocycles. The number of aryl methyl sites for hydroxylation is 1. The van der Waals surface area contributed by atoms with Crippen molar-refractivity contribution in [1.82, 2.24) is 9.97 Å². The van der Waals surface area contributed by atoms with Crippen molar-refractivity contribution in [3.05, 3.63) is 18.1 Å². The van der Waals surface area contributed by atoms with E-state index in [9.17, 15) is 0 Å². The molecule has 1 aliphatic carbocycles. The first-order valence-corrected chi connectivity index (χ1v) is 6.43. The largest absolute Gasteiger partial charge is 0.370 e. The van der Waals surface area contributed by atoms with Crippen molar-refractivity contribution in [3.63, 3.8) is 0 Å². The van der Waals surface area contributed by atoms with Crippen molar-refractivity contribution in [1.29, 1.82) is 0 Å². The Morgan fingerprint density at radius 1 is 1.31 bits per heavy atom. The van der Waals surface area contributed by atoms with Crippen LogP contribution in [-0.2, 0) is 6.42 Å². The van der Waals surface area contributed by atoms with Crippen molar-refractivity contribution in [2.45, 2.75) is 45.4 Å². The Labute approximate surface area is 97.7 Å². The highest BCUT2D eigenvalue weighted by Gasteiger charge is 2.13. The normalized spacial score (nSPS) is 16.6. The summed E-state index contributed by atoms with van der Waals surface area (Å²) in [5, 5.41) is 3.40. The van der Waals surface area contributed by atoms with Gasteiger partial charge in [-0.05, 0) is 18.8 Å². The number of anilines is 1. The molecule has 16 heavy (non-hydrogen) atoms. The Hall–Kier alpha value is -1.12. The lowest BCUT2D eigenvalue weighted by Crippen LogP contribution is -2.08. The van der Waals surface area contributed by atoms with Gasteiger partial charge in [-0.25, -0.2) is 9.97 Å². The Kier molecular flexibility index (Phi) is 4.14. The first-order valence-electron chi connectivity index (χ1n) is 6.43. The Balaban J connectivity index is 1.75. The van der Waals surface area contributed by atoms with Crippen LogP contribution in [0.25, 0.3) is 0 Å². The van der Waals surface area contributed by atoms with Crippen molar-refractivity contribution in [2.24, 2.45) is 5.92 Å². The molecular weight excluding hydrogens is 198 g/mol. The van der Waals surface area contributed by atoms with Gasteiger partial charge < -0.3 is 5.32 Å². The fourth-order valence-corrected chi connectivity index (χ4v) is 2.39. The molecule has 1 saturated carbocycles. The van der Waals surface area contributed by atoms with Crippen LogP contribution in [0.3, 0.4) is 0 Å². The molecule has 1 aromatic heterocycles. The number of nitrogens with one attached hydrogen (secondary N) is 1. The summed E-state index contributed by atoms with van der Waals surface area (Å²) in [6.45, 7) is 3.16. The lowest BCUT2D eigenvalue weighted by Gasteiger charge is -2.10. The molecule has 0 aromatic carbocycles. The van der Waals surface area contributed by atoms with Crippen molar-refractivity contribution in [2.75, 3.05) is 11.9 Å². The summed E-state index contributed by atoms with van der Waals surface area (Å²) in [7, 11) is 0. The van der Waals surface area contributed by atoms with E-state index in [1.54, 1.807) is 6.33 Å². The highest BCUT2D eigenvalue weighted by Crippen LogP contribution is 2.27. The van der Waals surface area contributed by atoms with E-state index >= 15 is 0 Å². The van der Waals surface area contributed by atoms with Crippen molar-refractivity contribution in [3.8, 4) is 0 Å². The number of rotatable bonds is 5. The predicted octanol–water partition coefficient (Wildman–Crippen LogP) is 3.03. The minimum absolute atomic E-state index is 0.944. The van der Waals surface area contributed by atoms with E-state index in [0.717, 1.165) is 30.4 Å². The van der Waals surface area contributed by atoms with Crippen LogP contribution >= 0.6 is 0 Å². The zero-order valence-electron chi connectivity index (χ0n) is 10.1. The fraction of sp³-hybridized carbons (Fsp3) is 0.692. The summed E-state index contributed by atoms with van der Waals surface area (Å²) >= 11 is 0. The van der Waals surface area contributed by atoms with Gasteiger partial charge in [-0.3, -0.25) is 0 Å². The number of aromatic nitrogens is 2. The lowest BCUT2D eigenvalue weighted by molar-refractivity contribution is 0.518. The number of hydrogen-bond donors (Lipinski definition) is 1. The van der Waals surface area contributed by atoms with Gasteiger partial charge in [-0.15, -0.1) is 0 Å². The van der Waals surface area contributed by atoms with Crippen LogP contribution in [-0.4, -0.2) is 16.5 Å².